The predicted molar refractivity (Wildman–Crippen MR) is 120 cm³/mol. The van der Waals surface area contributed by atoms with Crippen molar-refractivity contribution in [3.05, 3.63) is 64.2 Å². The third-order valence-corrected chi connectivity index (χ3v) is 6.26. The lowest BCUT2D eigenvalue weighted by atomic mass is 10.1. The van der Waals surface area contributed by atoms with Gasteiger partial charge in [-0.05, 0) is 38.1 Å². The molecule has 6 rings (SSSR count). The number of hydrogen-bond donors (Lipinski definition) is 1. The molecule has 0 saturated carbocycles. The van der Waals surface area contributed by atoms with Crippen LogP contribution >= 0.6 is 0 Å². The Kier molecular flexibility index (Phi) is 3.92. The number of nitrogens with one attached hydrogen (secondary N) is 1. The van der Waals surface area contributed by atoms with E-state index in [2.05, 4.69) is 25.2 Å². The lowest BCUT2D eigenvalue weighted by Gasteiger charge is -2.37. The number of fused-ring (bicyclic) bond motifs is 5. The summed E-state index contributed by atoms with van der Waals surface area (Å²) in [6.07, 6.45) is 0. The van der Waals surface area contributed by atoms with Gasteiger partial charge in [-0.2, -0.15) is 0 Å². The van der Waals surface area contributed by atoms with Crippen molar-refractivity contribution < 1.29 is 4.39 Å². The van der Waals surface area contributed by atoms with Crippen molar-refractivity contribution in [3.63, 3.8) is 0 Å². The van der Waals surface area contributed by atoms with Crippen LogP contribution in [0.1, 0.15) is 19.4 Å². The van der Waals surface area contributed by atoms with Crippen LogP contribution in [0.5, 0.6) is 0 Å². The quantitative estimate of drug-likeness (QED) is 0.455. The van der Waals surface area contributed by atoms with Gasteiger partial charge in [-0.15, -0.1) is 0 Å². The third-order valence-electron chi connectivity index (χ3n) is 6.26. The van der Waals surface area contributed by atoms with Crippen molar-refractivity contribution in [1.29, 1.82) is 0 Å². The van der Waals surface area contributed by atoms with Gasteiger partial charge in [0.25, 0.3) is 5.56 Å². The highest BCUT2D eigenvalue weighted by atomic mass is 19.1. The Balaban J connectivity index is 1.53. The summed E-state index contributed by atoms with van der Waals surface area (Å²) in [6.45, 7) is 5.98. The predicted octanol–water partition coefficient (Wildman–Crippen LogP) is 3.30. The van der Waals surface area contributed by atoms with Crippen LogP contribution in [0.3, 0.4) is 0 Å². The summed E-state index contributed by atoms with van der Waals surface area (Å²) in [6, 6.07) is 13.5. The fourth-order valence-electron chi connectivity index (χ4n) is 4.97. The van der Waals surface area contributed by atoms with E-state index in [4.69, 9.17) is 9.97 Å². The minimum absolute atomic E-state index is 0.227. The number of pyridine rings is 1. The maximum Gasteiger partial charge on any atom is 0.262 e. The molecule has 0 aliphatic carbocycles. The molecule has 0 bridgehead atoms. The van der Waals surface area contributed by atoms with Gasteiger partial charge < -0.3 is 10.2 Å². The molecular weight excluding hydrogens is 393 g/mol. The number of piperazine rings is 1. The summed E-state index contributed by atoms with van der Waals surface area (Å²) in [5.74, 6) is 0.172. The molecule has 2 aromatic carbocycles. The number of para-hydroxylation sites is 1. The van der Waals surface area contributed by atoms with Crippen molar-refractivity contribution in [3.8, 4) is 11.5 Å². The zero-order chi connectivity index (χ0) is 21.3. The molecule has 2 aliphatic heterocycles. The fraction of sp³-hybridized carbons (Fsp3) is 0.292. The van der Waals surface area contributed by atoms with Crippen LogP contribution in [0.2, 0.25) is 0 Å². The first-order valence-corrected chi connectivity index (χ1v) is 10.6. The molecule has 4 aromatic rings. The molecule has 156 valence electrons. The molecule has 0 unspecified atom stereocenters. The van der Waals surface area contributed by atoms with Crippen molar-refractivity contribution in [2.45, 2.75) is 32.5 Å². The van der Waals surface area contributed by atoms with Crippen LogP contribution in [-0.2, 0) is 6.54 Å². The normalized spacial score (nSPS) is 20.3. The van der Waals surface area contributed by atoms with E-state index in [1.165, 1.54) is 6.07 Å². The lowest BCUT2D eigenvalue weighted by molar-refractivity contribution is 0.404. The number of anilines is 1. The Hall–Kier alpha value is -3.32. The molecule has 0 radical (unpaired) electrons. The number of hydrogen-bond acceptors (Lipinski definition) is 5. The molecule has 0 amide bonds. The Bertz CT molecular complexity index is 1420. The number of nitrogens with zero attached hydrogens (tertiary/aromatic N) is 4. The number of rotatable bonds is 1. The molecule has 6 nitrogen and oxygen atoms in total. The molecule has 2 aromatic heterocycles. The van der Waals surface area contributed by atoms with Gasteiger partial charge in [-0.1, -0.05) is 18.2 Å². The van der Waals surface area contributed by atoms with Crippen LogP contribution in [0.4, 0.5) is 10.1 Å². The Morgan fingerprint density at radius 1 is 1.03 bits per heavy atom. The first-order chi connectivity index (χ1) is 15.0. The molecule has 0 spiro atoms. The summed E-state index contributed by atoms with van der Waals surface area (Å²) in [5.41, 5.74) is 3.34. The number of halogens is 1. The van der Waals surface area contributed by atoms with Crippen LogP contribution in [0, 0.1) is 5.82 Å². The molecule has 1 N–H and O–H groups in total. The fourth-order valence-corrected chi connectivity index (χ4v) is 4.97. The Labute approximate surface area is 178 Å². The van der Waals surface area contributed by atoms with E-state index in [9.17, 15) is 4.79 Å². The zero-order valence-corrected chi connectivity index (χ0v) is 17.4. The van der Waals surface area contributed by atoms with Crippen LogP contribution in [0.25, 0.3) is 33.3 Å². The smallest absolute Gasteiger partial charge is 0.262 e. The van der Waals surface area contributed by atoms with Gasteiger partial charge in [0, 0.05) is 36.1 Å². The second-order valence-electron chi connectivity index (χ2n) is 8.71. The van der Waals surface area contributed by atoms with E-state index in [0.717, 1.165) is 22.2 Å². The van der Waals surface area contributed by atoms with Gasteiger partial charge in [0.05, 0.1) is 28.7 Å². The van der Waals surface area contributed by atoms with Gasteiger partial charge in [-0.3, -0.25) is 9.36 Å². The minimum atomic E-state index is -0.382. The van der Waals surface area contributed by atoms with Crippen molar-refractivity contribution in [1.82, 2.24) is 19.9 Å². The van der Waals surface area contributed by atoms with Gasteiger partial charge in [0.15, 0.2) is 5.82 Å². The molecule has 4 heterocycles. The van der Waals surface area contributed by atoms with E-state index >= 15 is 4.39 Å². The highest BCUT2D eigenvalue weighted by molar-refractivity contribution is 5.87. The first-order valence-electron chi connectivity index (χ1n) is 10.6. The largest absolute Gasteiger partial charge is 0.366 e. The highest BCUT2D eigenvalue weighted by Crippen LogP contribution is 2.32. The van der Waals surface area contributed by atoms with E-state index in [0.29, 0.717) is 42.0 Å². The van der Waals surface area contributed by atoms with Crippen LogP contribution in [-0.4, -0.2) is 39.7 Å². The second kappa shape index (κ2) is 6.59. The van der Waals surface area contributed by atoms with Gasteiger partial charge >= 0.3 is 0 Å². The first kappa shape index (κ1) is 18.4. The highest BCUT2D eigenvalue weighted by Gasteiger charge is 2.27. The van der Waals surface area contributed by atoms with Crippen LogP contribution in [0.15, 0.2) is 47.3 Å². The summed E-state index contributed by atoms with van der Waals surface area (Å²) < 4.78 is 16.7. The molecular formula is C24H22FN5O. The van der Waals surface area contributed by atoms with Crippen molar-refractivity contribution in [2.24, 2.45) is 0 Å². The van der Waals surface area contributed by atoms with Crippen LogP contribution < -0.4 is 15.8 Å². The molecule has 2 atom stereocenters. The SMILES string of the molecule is C[C@@H]1CN(c2cc3nc4n(c(=O)c3cc2F)Cc2cc3ccccc3nc2-4)C[C@H](C)N1. The monoisotopic (exact) mass is 415 g/mol. The topological polar surface area (TPSA) is 63.1 Å². The molecule has 31 heavy (non-hydrogen) atoms. The van der Waals surface area contributed by atoms with Gasteiger partial charge in [0.1, 0.15) is 11.5 Å². The maximum absolute atomic E-state index is 15.1. The van der Waals surface area contributed by atoms with E-state index < -0.39 is 0 Å². The number of benzene rings is 2. The standard InChI is InChI=1S/C24H22FN5O/c1-13-10-29(11-14(2)26-13)21-9-20-17(8-18(21)25)24(31)30-12-16-7-15-5-3-4-6-19(15)27-22(16)23(30)28-20/h3-9,13-14,26H,10-12H2,1-2H3/t13-,14+. The molecule has 2 aliphatic rings. The van der Waals surface area contributed by atoms with E-state index in [1.54, 1.807) is 10.6 Å². The average molecular weight is 415 g/mol. The minimum Gasteiger partial charge on any atom is -0.366 e. The zero-order valence-electron chi connectivity index (χ0n) is 17.4. The summed E-state index contributed by atoms with van der Waals surface area (Å²) >= 11 is 0. The van der Waals surface area contributed by atoms with Gasteiger partial charge in [-0.25, -0.2) is 14.4 Å². The molecule has 1 saturated heterocycles. The van der Waals surface area contributed by atoms with Gasteiger partial charge in [0.2, 0.25) is 0 Å². The summed E-state index contributed by atoms with van der Waals surface area (Å²) in [5, 5.41) is 4.80. The number of aromatic nitrogens is 3. The van der Waals surface area contributed by atoms with E-state index in [1.807, 2.05) is 29.2 Å². The van der Waals surface area contributed by atoms with Crippen molar-refractivity contribution >= 4 is 27.5 Å². The summed E-state index contributed by atoms with van der Waals surface area (Å²) in [7, 11) is 0. The van der Waals surface area contributed by atoms with Crippen molar-refractivity contribution in [2.75, 3.05) is 18.0 Å². The lowest BCUT2D eigenvalue weighted by Crippen LogP contribution is -2.54. The van der Waals surface area contributed by atoms with E-state index in [-0.39, 0.29) is 23.5 Å². The third kappa shape index (κ3) is 2.84. The Morgan fingerprint density at radius 2 is 1.81 bits per heavy atom. The average Bonchev–Trinajstić information content (AvgIpc) is 3.09. The second-order valence-corrected chi connectivity index (χ2v) is 8.71. The Morgan fingerprint density at radius 3 is 2.61 bits per heavy atom. The summed E-state index contributed by atoms with van der Waals surface area (Å²) in [4.78, 5) is 24.8. The maximum atomic E-state index is 15.1. The molecule has 1 fully saturated rings. The molecule has 7 heteroatoms.